The van der Waals surface area contributed by atoms with Crippen LogP contribution in [0.1, 0.15) is 36.5 Å². The first kappa shape index (κ1) is 14.0. The smallest absolute Gasteiger partial charge is 0.341 e. The summed E-state index contributed by atoms with van der Waals surface area (Å²) in [7, 11) is 0. The van der Waals surface area contributed by atoms with E-state index in [4.69, 9.17) is 4.74 Å². The number of esters is 1. The van der Waals surface area contributed by atoms with Crippen LogP contribution in [0, 0.1) is 0 Å². The number of anilines is 1. The quantitative estimate of drug-likeness (QED) is 0.751. The summed E-state index contributed by atoms with van der Waals surface area (Å²) >= 11 is 1.33. The van der Waals surface area contributed by atoms with Gasteiger partial charge in [0.15, 0.2) is 0 Å². The second-order valence-corrected chi connectivity index (χ2v) is 5.33. The lowest BCUT2D eigenvalue weighted by atomic mass is 10.3. The van der Waals surface area contributed by atoms with Gasteiger partial charge >= 0.3 is 5.97 Å². The van der Waals surface area contributed by atoms with Gasteiger partial charge in [-0.25, -0.2) is 4.79 Å². The van der Waals surface area contributed by atoms with Crippen molar-refractivity contribution in [3.05, 3.63) is 17.0 Å². The average Bonchev–Trinajstić information content (AvgIpc) is 3.07. The molecule has 5 nitrogen and oxygen atoms in total. The second-order valence-electron chi connectivity index (χ2n) is 4.41. The molecular weight excluding hydrogens is 264 g/mol. The van der Waals surface area contributed by atoms with Gasteiger partial charge in [0.25, 0.3) is 0 Å². The van der Waals surface area contributed by atoms with E-state index in [1.807, 2.05) is 0 Å². The maximum atomic E-state index is 11.7. The molecule has 1 saturated carbocycles. The number of ether oxygens (including phenoxy) is 1. The van der Waals surface area contributed by atoms with Gasteiger partial charge in [-0.3, -0.25) is 4.79 Å². The predicted molar refractivity (Wildman–Crippen MR) is 74.5 cm³/mol. The van der Waals surface area contributed by atoms with Crippen LogP contribution in [0.15, 0.2) is 11.4 Å². The Hall–Kier alpha value is -1.40. The maximum absolute atomic E-state index is 11.7. The van der Waals surface area contributed by atoms with E-state index in [9.17, 15) is 9.59 Å². The largest absolute Gasteiger partial charge is 0.462 e. The first-order valence-corrected chi connectivity index (χ1v) is 7.36. The number of nitrogens with one attached hydrogen (secondary N) is 2. The SMILES string of the molecule is CCOC(=O)c1ccsc1NC(=O)CCNC1CC1. The van der Waals surface area contributed by atoms with E-state index in [0.717, 1.165) is 0 Å². The number of carbonyl (C=O) groups excluding carboxylic acids is 2. The fraction of sp³-hybridized carbons (Fsp3) is 0.538. The molecule has 0 radical (unpaired) electrons. The minimum atomic E-state index is -0.393. The number of rotatable bonds is 7. The summed E-state index contributed by atoms with van der Waals surface area (Å²) < 4.78 is 4.93. The number of hydrogen-bond donors (Lipinski definition) is 2. The monoisotopic (exact) mass is 282 g/mol. The van der Waals surface area contributed by atoms with Gasteiger partial charge in [-0.1, -0.05) is 0 Å². The molecule has 19 heavy (non-hydrogen) atoms. The highest BCUT2D eigenvalue weighted by atomic mass is 32.1. The average molecular weight is 282 g/mol. The summed E-state index contributed by atoms with van der Waals surface area (Å²) in [5.74, 6) is -0.476. The van der Waals surface area contributed by atoms with E-state index < -0.39 is 5.97 Å². The molecule has 1 aromatic rings. The predicted octanol–water partition coefficient (Wildman–Crippen LogP) is 2.01. The lowest BCUT2D eigenvalue weighted by molar-refractivity contribution is -0.116. The molecule has 0 aromatic carbocycles. The third-order valence-corrected chi connectivity index (χ3v) is 3.61. The maximum Gasteiger partial charge on any atom is 0.341 e. The number of hydrogen-bond acceptors (Lipinski definition) is 5. The van der Waals surface area contributed by atoms with Gasteiger partial charge in [0.2, 0.25) is 5.91 Å². The molecule has 0 spiro atoms. The fourth-order valence-corrected chi connectivity index (χ4v) is 2.43. The molecule has 0 atom stereocenters. The highest BCUT2D eigenvalue weighted by molar-refractivity contribution is 7.14. The molecule has 1 aliphatic carbocycles. The molecule has 0 saturated heterocycles. The molecule has 1 aliphatic rings. The zero-order valence-corrected chi connectivity index (χ0v) is 11.7. The molecule has 1 amide bonds. The molecule has 2 N–H and O–H groups in total. The molecule has 0 aliphatic heterocycles. The Morgan fingerprint density at radius 3 is 2.95 bits per heavy atom. The van der Waals surface area contributed by atoms with Crippen molar-refractivity contribution >= 4 is 28.2 Å². The van der Waals surface area contributed by atoms with Crippen LogP contribution < -0.4 is 10.6 Å². The summed E-state index contributed by atoms with van der Waals surface area (Å²) in [5.41, 5.74) is 0.426. The van der Waals surface area contributed by atoms with Gasteiger partial charge in [-0.15, -0.1) is 11.3 Å². The van der Waals surface area contributed by atoms with Gasteiger partial charge in [-0.2, -0.15) is 0 Å². The Bertz CT molecular complexity index is 454. The molecule has 1 fully saturated rings. The number of thiophene rings is 1. The Morgan fingerprint density at radius 2 is 2.26 bits per heavy atom. The van der Waals surface area contributed by atoms with Crippen LogP contribution in [-0.4, -0.2) is 31.1 Å². The Kier molecular flexibility index (Phi) is 4.93. The van der Waals surface area contributed by atoms with Crippen LogP contribution in [0.4, 0.5) is 5.00 Å². The number of amides is 1. The van der Waals surface area contributed by atoms with Crippen LogP contribution in [-0.2, 0) is 9.53 Å². The van der Waals surface area contributed by atoms with Crippen LogP contribution in [0.25, 0.3) is 0 Å². The minimum Gasteiger partial charge on any atom is -0.462 e. The Morgan fingerprint density at radius 1 is 1.47 bits per heavy atom. The van der Waals surface area contributed by atoms with Gasteiger partial charge in [0, 0.05) is 19.0 Å². The topological polar surface area (TPSA) is 67.4 Å². The van der Waals surface area contributed by atoms with Gasteiger partial charge in [0.05, 0.1) is 12.2 Å². The van der Waals surface area contributed by atoms with Crippen LogP contribution in [0.2, 0.25) is 0 Å². The molecule has 104 valence electrons. The van der Waals surface area contributed by atoms with Gasteiger partial charge in [-0.05, 0) is 31.2 Å². The van der Waals surface area contributed by atoms with Crippen molar-refractivity contribution in [2.45, 2.75) is 32.2 Å². The summed E-state index contributed by atoms with van der Waals surface area (Å²) in [6.45, 7) is 2.76. The van der Waals surface area contributed by atoms with Crippen molar-refractivity contribution in [2.75, 3.05) is 18.5 Å². The van der Waals surface area contributed by atoms with Crippen LogP contribution in [0.3, 0.4) is 0 Å². The minimum absolute atomic E-state index is 0.0823. The van der Waals surface area contributed by atoms with Crippen molar-refractivity contribution in [1.82, 2.24) is 5.32 Å². The van der Waals surface area contributed by atoms with E-state index in [2.05, 4.69) is 10.6 Å². The van der Waals surface area contributed by atoms with E-state index in [1.165, 1.54) is 24.2 Å². The molecule has 2 rings (SSSR count). The standard InChI is InChI=1S/C13H18N2O3S/c1-2-18-13(17)10-6-8-19-12(10)15-11(16)5-7-14-9-3-4-9/h6,8-9,14H,2-5,7H2,1H3,(H,15,16). The van der Waals surface area contributed by atoms with E-state index in [-0.39, 0.29) is 5.91 Å². The molecule has 6 heteroatoms. The summed E-state index contributed by atoms with van der Waals surface area (Å²) in [6, 6.07) is 2.27. The van der Waals surface area contributed by atoms with E-state index >= 15 is 0 Å². The first-order valence-electron chi connectivity index (χ1n) is 6.48. The molecule has 1 aromatic heterocycles. The summed E-state index contributed by atoms with van der Waals surface area (Å²) in [6.07, 6.45) is 2.83. The lowest BCUT2D eigenvalue weighted by Gasteiger charge is -2.06. The summed E-state index contributed by atoms with van der Waals surface area (Å²) in [4.78, 5) is 23.4. The molecule has 1 heterocycles. The van der Waals surface area contributed by atoms with Crippen molar-refractivity contribution in [1.29, 1.82) is 0 Å². The van der Waals surface area contributed by atoms with Crippen molar-refractivity contribution < 1.29 is 14.3 Å². The van der Waals surface area contributed by atoms with Crippen molar-refractivity contribution in [3.63, 3.8) is 0 Å². The third kappa shape index (κ3) is 4.33. The van der Waals surface area contributed by atoms with Crippen LogP contribution in [0.5, 0.6) is 0 Å². The van der Waals surface area contributed by atoms with Gasteiger partial charge < -0.3 is 15.4 Å². The normalized spacial score (nSPS) is 14.2. The molecule has 0 bridgehead atoms. The Balaban J connectivity index is 1.82. The van der Waals surface area contributed by atoms with Gasteiger partial charge in [0.1, 0.15) is 5.00 Å². The summed E-state index contributed by atoms with van der Waals surface area (Å²) in [5, 5.41) is 8.37. The number of carbonyl (C=O) groups is 2. The van der Waals surface area contributed by atoms with Crippen molar-refractivity contribution in [3.8, 4) is 0 Å². The fourth-order valence-electron chi connectivity index (χ4n) is 1.64. The lowest BCUT2D eigenvalue weighted by Crippen LogP contribution is -2.23. The highest BCUT2D eigenvalue weighted by Crippen LogP contribution is 2.24. The second kappa shape index (κ2) is 6.68. The van der Waals surface area contributed by atoms with Crippen LogP contribution >= 0.6 is 11.3 Å². The third-order valence-electron chi connectivity index (χ3n) is 2.78. The highest BCUT2D eigenvalue weighted by Gasteiger charge is 2.20. The van der Waals surface area contributed by atoms with E-state index in [1.54, 1.807) is 18.4 Å². The van der Waals surface area contributed by atoms with E-state index in [0.29, 0.717) is 36.2 Å². The zero-order valence-electron chi connectivity index (χ0n) is 10.9. The molecular formula is C13H18N2O3S. The zero-order chi connectivity index (χ0) is 13.7. The Labute approximate surface area is 116 Å². The van der Waals surface area contributed by atoms with Crippen molar-refractivity contribution in [2.24, 2.45) is 0 Å². The first-order chi connectivity index (χ1) is 9.20. The molecule has 0 unspecified atom stereocenters.